The van der Waals surface area contributed by atoms with Gasteiger partial charge in [-0.1, -0.05) is 12.8 Å². The monoisotopic (exact) mass is 203 g/mol. The Labute approximate surface area is 90.3 Å². The molecule has 1 N–H and O–H groups in total. The Morgan fingerprint density at radius 3 is 2.93 bits per heavy atom. The van der Waals surface area contributed by atoms with Gasteiger partial charge in [0.15, 0.2) is 0 Å². The van der Waals surface area contributed by atoms with Crippen LogP contribution in [0.15, 0.2) is 6.33 Å². The number of rotatable bonds is 1. The fraction of sp³-hybridized carbons (Fsp3) is 0.667. The third-order valence-corrected chi connectivity index (χ3v) is 3.65. The summed E-state index contributed by atoms with van der Waals surface area (Å²) < 4.78 is 0. The van der Waals surface area contributed by atoms with Crippen LogP contribution in [0.25, 0.3) is 0 Å². The average molecular weight is 203 g/mol. The van der Waals surface area contributed by atoms with Crippen LogP contribution >= 0.6 is 0 Å². The quantitative estimate of drug-likeness (QED) is 0.756. The number of nitrogens with zero attached hydrogens (tertiary/aromatic N) is 2. The summed E-state index contributed by atoms with van der Waals surface area (Å²) in [5.41, 5.74) is 4.04. The molecule has 0 unspecified atom stereocenters. The molecule has 0 aromatic carbocycles. The van der Waals surface area contributed by atoms with Crippen molar-refractivity contribution in [3.8, 4) is 0 Å². The van der Waals surface area contributed by atoms with E-state index < -0.39 is 0 Å². The van der Waals surface area contributed by atoms with Crippen molar-refractivity contribution in [2.45, 2.75) is 44.6 Å². The van der Waals surface area contributed by atoms with E-state index in [1.54, 1.807) is 6.33 Å². The van der Waals surface area contributed by atoms with Crippen LogP contribution in [0.4, 0.5) is 0 Å². The minimum absolute atomic E-state index is 0.722. The maximum atomic E-state index is 4.54. The molecular formula is C12H17N3. The van der Waals surface area contributed by atoms with E-state index in [-0.39, 0.29) is 0 Å². The maximum Gasteiger partial charge on any atom is 0.116 e. The molecule has 15 heavy (non-hydrogen) atoms. The first-order valence-corrected chi connectivity index (χ1v) is 5.98. The zero-order valence-electron chi connectivity index (χ0n) is 9.00. The van der Waals surface area contributed by atoms with Crippen molar-refractivity contribution < 1.29 is 0 Å². The number of nitrogens with one attached hydrogen (secondary N) is 1. The highest BCUT2D eigenvalue weighted by Gasteiger charge is 2.24. The summed E-state index contributed by atoms with van der Waals surface area (Å²) in [6.45, 7) is 2.01. The van der Waals surface area contributed by atoms with Crippen LogP contribution < -0.4 is 5.32 Å². The van der Waals surface area contributed by atoms with E-state index >= 15 is 0 Å². The normalized spacial score (nSPS) is 21.6. The highest BCUT2D eigenvalue weighted by molar-refractivity contribution is 5.30. The SMILES string of the molecule is c1nc2c(c(C3CCCC3)n1)CCNC2. The molecule has 1 aromatic rings. The van der Waals surface area contributed by atoms with Gasteiger partial charge >= 0.3 is 0 Å². The van der Waals surface area contributed by atoms with Crippen LogP contribution in [0.1, 0.15) is 48.6 Å². The van der Waals surface area contributed by atoms with Crippen molar-refractivity contribution in [2.75, 3.05) is 6.54 Å². The van der Waals surface area contributed by atoms with Crippen molar-refractivity contribution in [2.24, 2.45) is 0 Å². The fourth-order valence-corrected chi connectivity index (χ4v) is 2.86. The van der Waals surface area contributed by atoms with Gasteiger partial charge < -0.3 is 5.32 Å². The van der Waals surface area contributed by atoms with E-state index in [1.165, 1.54) is 42.6 Å². The Morgan fingerprint density at radius 1 is 1.20 bits per heavy atom. The summed E-state index contributed by atoms with van der Waals surface area (Å²) in [5, 5.41) is 3.37. The molecule has 1 saturated carbocycles. The molecule has 3 nitrogen and oxygen atoms in total. The summed E-state index contributed by atoms with van der Waals surface area (Å²) in [4.78, 5) is 8.91. The number of hydrogen-bond donors (Lipinski definition) is 1. The molecule has 0 spiro atoms. The highest BCUT2D eigenvalue weighted by Crippen LogP contribution is 2.35. The van der Waals surface area contributed by atoms with Gasteiger partial charge in [0.25, 0.3) is 0 Å². The van der Waals surface area contributed by atoms with Crippen molar-refractivity contribution >= 4 is 0 Å². The van der Waals surface area contributed by atoms with Crippen molar-refractivity contribution in [3.05, 3.63) is 23.3 Å². The van der Waals surface area contributed by atoms with E-state index in [9.17, 15) is 0 Å². The minimum Gasteiger partial charge on any atom is -0.311 e. The zero-order chi connectivity index (χ0) is 10.1. The summed E-state index contributed by atoms with van der Waals surface area (Å²) in [7, 11) is 0. The van der Waals surface area contributed by atoms with Gasteiger partial charge in [-0.25, -0.2) is 9.97 Å². The molecule has 0 atom stereocenters. The first-order chi connectivity index (χ1) is 7.45. The van der Waals surface area contributed by atoms with Crippen LogP contribution in [0.2, 0.25) is 0 Å². The smallest absolute Gasteiger partial charge is 0.116 e. The van der Waals surface area contributed by atoms with Gasteiger partial charge in [0, 0.05) is 12.5 Å². The number of hydrogen-bond acceptors (Lipinski definition) is 3. The lowest BCUT2D eigenvalue weighted by atomic mass is 9.94. The molecule has 3 heteroatoms. The number of fused-ring (bicyclic) bond motifs is 1. The molecule has 0 bridgehead atoms. The van der Waals surface area contributed by atoms with E-state index in [4.69, 9.17) is 0 Å². The van der Waals surface area contributed by atoms with Gasteiger partial charge in [-0.05, 0) is 31.4 Å². The van der Waals surface area contributed by atoms with E-state index in [0.29, 0.717) is 0 Å². The third kappa shape index (κ3) is 1.65. The van der Waals surface area contributed by atoms with Gasteiger partial charge in [-0.15, -0.1) is 0 Å². The van der Waals surface area contributed by atoms with E-state index in [1.807, 2.05) is 0 Å². The predicted octanol–water partition coefficient (Wildman–Crippen LogP) is 1.78. The summed E-state index contributed by atoms with van der Waals surface area (Å²) in [6.07, 6.45) is 8.28. The molecule has 1 fully saturated rings. The van der Waals surface area contributed by atoms with Crippen molar-refractivity contribution in [1.82, 2.24) is 15.3 Å². The van der Waals surface area contributed by atoms with Crippen LogP contribution in [0.5, 0.6) is 0 Å². The Balaban J connectivity index is 1.99. The summed E-state index contributed by atoms with van der Waals surface area (Å²) >= 11 is 0. The lowest BCUT2D eigenvalue weighted by molar-refractivity contribution is 0.595. The fourth-order valence-electron chi connectivity index (χ4n) is 2.86. The molecular weight excluding hydrogens is 186 g/mol. The topological polar surface area (TPSA) is 37.8 Å². The van der Waals surface area contributed by atoms with Gasteiger partial charge in [0.2, 0.25) is 0 Å². The molecule has 0 amide bonds. The molecule has 80 valence electrons. The van der Waals surface area contributed by atoms with Crippen molar-refractivity contribution in [1.29, 1.82) is 0 Å². The molecule has 0 radical (unpaired) electrons. The second kappa shape index (κ2) is 3.89. The van der Waals surface area contributed by atoms with Crippen LogP contribution in [-0.2, 0) is 13.0 Å². The Morgan fingerprint density at radius 2 is 2.07 bits per heavy atom. The first-order valence-electron chi connectivity index (χ1n) is 5.98. The number of aromatic nitrogens is 2. The van der Waals surface area contributed by atoms with Gasteiger partial charge in [0.05, 0.1) is 11.4 Å². The Hall–Kier alpha value is -0.960. The van der Waals surface area contributed by atoms with Gasteiger partial charge in [-0.3, -0.25) is 0 Å². The largest absolute Gasteiger partial charge is 0.311 e. The first kappa shape index (κ1) is 9.28. The van der Waals surface area contributed by atoms with E-state index in [2.05, 4.69) is 15.3 Å². The maximum absolute atomic E-state index is 4.54. The second-order valence-corrected chi connectivity index (χ2v) is 4.59. The minimum atomic E-state index is 0.722. The van der Waals surface area contributed by atoms with Crippen LogP contribution in [0, 0.1) is 0 Å². The standard InChI is InChI=1S/C12H17N3/c1-2-4-9(3-1)12-10-5-6-13-7-11(10)14-8-15-12/h8-9,13H,1-7H2. The molecule has 0 saturated heterocycles. The Bertz CT molecular complexity index is 356. The molecule has 1 aliphatic carbocycles. The van der Waals surface area contributed by atoms with Crippen LogP contribution in [-0.4, -0.2) is 16.5 Å². The van der Waals surface area contributed by atoms with Crippen LogP contribution in [0.3, 0.4) is 0 Å². The molecule has 2 aliphatic rings. The summed E-state index contributed by atoms with van der Waals surface area (Å²) in [6, 6.07) is 0. The lowest BCUT2D eigenvalue weighted by Gasteiger charge is -2.21. The summed E-state index contributed by atoms with van der Waals surface area (Å²) in [5.74, 6) is 0.722. The van der Waals surface area contributed by atoms with Gasteiger partial charge in [0.1, 0.15) is 6.33 Å². The third-order valence-electron chi connectivity index (χ3n) is 3.65. The zero-order valence-corrected chi connectivity index (χ0v) is 9.00. The Kier molecular flexibility index (Phi) is 2.41. The highest BCUT2D eigenvalue weighted by atomic mass is 14.9. The second-order valence-electron chi connectivity index (χ2n) is 4.59. The molecule has 1 aromatic heterocycles. The molecule has 2 heterocycles. The average Bonchev–Trinajstić information content (AvgIpc) is 2.82. The molecule has 3 rings (SSSR count). The van der Waals surface area contributed by atoms with E-state index in [0.717, 1.165) is 25.4 Å². The van der Waals surface area contributed by atoms with Crippen molar-refractivity contribution in [3.63, 3.8) is 0 Å². The molecule has 1 aliphatic heterocycles. The lowest BCUT2D eigenvalue weighted by Crippen LogP contribution is -2.26. The predicted molar refractivity (Wildman–Crippen MR) is 58.7 cm³/mol. The van der Waals surface area contributed by atoms with Gasteiger partial charge in [-0.2, -0.15) is 0 Å².